The molecule has 2 bridgehead atoms. The van der Waals surface area contributed by atoms with Crippen LogP contribution in [0.4, 0.5) is 0 Å². The third-order valence-corrected chi connectivity index (χ3v) is 9.67. The smallest absolute Gasteiger partial charge is 0.0722 e. The lowest BCUT2D eigenvalue weighted by molar-refractivity contribution is 0.435. The second kappa shape index (κ2) is 5.31. The van der Waals surface area contributed by atoms with Crippen molar-refractivity contribution in [3.8, 4) is 6.07 Å². The second-order valence-electron chi connectivity index (χ2n) is 8.56. The topological polar surface area (TPSA) is 23.8 Å². The van der Waals surface area contributed by atoms with E-state index in [1.165, 1.54) is 12.8 Å². The van der Waals surface area contributed by atoms with Gasteiger partial charge in [-0.15, -0.1) is 0 Å². The van der Waals surface area contributed by atoms with Crippen LogP contribution in [0.25, 0.3) is 0 Å². The Balaban J connectivity index is 2.55. The van der Waals surface area contributed by atoms with Crippen molar-refractivity contribution in [2.75, 3.05) is 0 Å². The molecule has 0 amide bonds. The molecule has 0 saturated heterocycles. The normalized spacial score (nSPS) is 30.4. The first kappa shape index (κ1) is 15.8. The molecule has 0 heterocycles. The zero-order valence-corrected chi connectivity index (χ0v) is 16.0. The van der Waals surface area contributed by atoms with Gasteiger partial charge in [0.2, 0.25) is 0 Å². The molecule has 3 atom stereocenters. The van der Waals surface area contributed by atoms with E-state index < -0.39 is 16.1 Å². The first-order valence-electron chi connectivity index (χ1n) is 7.95. The zero-order valence-electron chi connectivity index (χ0n) is 14.0. The number of hydrogen-bond acceptors (Lipinski definition) is 1. The maximum atomic E-state index is 9.17. The van der Waals surface area contributed by atoms with Gasteiger partial charge in [0.1, 0.15) is 0 Å². The Bertz CT molecular complexity index is 483. The Labute approximate surface area is 126 Å². The van der Waals surface area contributed by atoms with Gasteiger partial charge >= 0.3 is 0 Å². The maximum absolute atomic E-state index is 9.17. The predicted octanol–water partition coefficient (Wildman–Crippen LogP) is 5.16. The van der Waals surface area contributed by atoms with Gasteiger partial charge in [-0.25, -0.2) is 0 Å². The van der Waals surface area contributed by atoms with Crippen LogP contribution in [0.2, 0.25) is 39.3 Å². The number of rotatable bonds is 3. The van der Waals surface area contributed by atoms with Gasteiger partial charge in [-0.2, -0.15) is 5.26 Å². The average Bonchev–Trinajstić information content (AvgIpc) is 2.54. The van der Waals surface area contributed by atoms with Gasteiger partial charge in [-0.3, -0.25) is 0 Å². The van der Waals surface area contributed by atoms with E-state index in [4.69, 9.17) is 0 Å². The predicted molar refractivity (Wildman–Crippen MR) is 92.8 cm³/mol. The molecule has 2 aliphatic rings. The highest BCUT2D eigenvalue weighted by molar-refractivity contribution is 6.89. The molecule has 0 spiro atoms. The van der Waals surface area contributed by atoms with Crippen molar-refractivity contribution in [2.24, 2.45) is 17.8 Å². The monoisotopic (exact) mass is 303 g/mol. The fourth-order valence-electron chi connectivity index (χ4n) is 4.41. The summed E-state index contributed by atoms with van der Waals surface area (Å²) in [4.78, 5) is 0. The SMILES string of the molecule is C[Si](C)(C)C1=C([Si](C)(C)C)[C@@H]2C[C@H]1CC=C[C@H]2CC#N. The molecule has 0 fully saturated rings. The number of fused-ring (bicyclic) bond motifs is 2. The van der Waals surface area contributed by atoms with Crippen LogP contribution in [0, 0.1) is 29.1 Å². The van der Waals surface area contributed by atoms with Crippen molar-refractivity contribution in [1.82, 2.24) is 0 Å². The zero-order chi connectivity index (χ0) is 15.1. The molecule has 0 aliphatic heterocycles. The summed E-state index contributed by atoms with van der Waals surface area (Å²) in [5.41, 5.74) is 0. The summed E-state index contributed by atoms with van der Waals surface area (Å²) in [6, 6.07) is 2.43. The molecule has 2 rings (SSSR count). The molecule has 20 heavy (non-hydrogen) atoms. The molecule has 0 radical (unpaired) electrons. The quantitative estimate of drug-likeness (QED) is 0.521. The van der Waals surface area contributed by atoms with E-state index in [1.54, 1.807) is 0 Å². The van der Waals surface area contributed by atoms with E-state index >= 15 is 0 Å². The Morgan fingerprint density at radius 2 is 1.70 bits per heavy atom. The van der Waals surface area contributed by atoms with E-state index in [0.29, 0.717) is 18.3 Å². The van der Waals surface area contributed by atoms with Crippen LogP contribution >= 0.6 is 0 Å². The Morgan fingerprint density at radius 1 is 1.10 bits per heavy atom. The van der Waals surface area contributed by atoms with Crippen LogP contribution in [-0.4, -0.2) is 16.1 Å². The van der Waals surface area contributed by atoms with Crippen LogP contribution < -0.4 is 0 Å². The molecule has 2 aliphatic carbocycles. The summed E-state index contributed by atoms with van der Waals surface area (Å²) in [6.45, 7) is 15.1. The highest BCUT2D eigenvalue weighted by atomic mass is 28.3. The molecule has 0 aromatic rings. The third-order valence-electron chi connectivity index (χ3n) is 4.87. The fraction of sp³-hybridized carbons (Fsp3) is 0.706. The van der Waals surface area contributed by atoms with Gasteiger partial charge in [0, 0.05) is 6.42 Å². The summed E-state index contributed by atoms with van der Waals surface area (Å²) >= 11 is 0. The van der Waals surface area contributed by atoms with Gasteiger partial charge in [0.15, 0.2) is 0 Å². The molecule has 0 aromatic carbocycles. The molecular weight excluding hydrogens is 274 g/mol. The second-order valence-corrected chi connectivity index (χ2v) is 18.6. The minimum atomic E-state index is -1.31. The minimum Gasteiger partial charge on any atom is -0.198 e. The van der Waals surface area contributed by atoms with Gasteiger partial charge < -0.3 is 0 Å². The molecule has 0 N–H and O–H groups in total. The third kappa shape index (κ3) is 2.87. The summed E-state index contributed by atoms with van der Waals surface area (Å²) in [5.74, 6) is 1.93. The maximum Gasteiger partial charge on any atom is 0.0722 e. The average molecular weight is 304 g/mol. The van der Waals surface area contributed by atoms with Crippen molar-refractivity contribution < 1.29 is 0 Å². The summed E-state index contributed by atoms with van der Waals surface area (Å²) < 4.78 is 0. The Hall–Kier alpha value is -0.596. The minimum absolute atomic E-state index is 0.473. The van der Waals surface area contributed by atoms with Crippen LogP contribution in [-0.2, 0) is 0 Å². The first-order chi connectivity index (χ1) is 9.16. The molecule has 0 aromatic heterocycles. The highest BCUT2D eigenvalue weighted by Gasteiger charge is 2.46. The van der Waals surface area contributed by atoms with Crippen LogP contribution in [0.15, 0.2) is 22.5 Å². The summed E-state index contributed by atoms with van der Waals surface area (Å²) in [5, 5.41) is 12.9. The van der Waals surface area contributed by atoms with Crippen LogP contribution in [0.1, 0.15) is 19.3 Å². The fourth-order valence-corrected chi connectivity index (χ4v) is 11.6. The number of nitriles is 1. The first-order valence-corrected chi connectivity index (χ1v) is 14.9. The lowest BCUT2D eigenvalue weighted by Crippen LogP contribution is -2.36. The van der Waals surface area contributed by atoms with Crippen LogP contribution in [0.5, 0.6) is 0 Å². The van der Waals surface area contributed by atoms with Crippen molar-refractivity contribution in [3.63, 3.8) is 0 Å². The molecule has 0 saturated carbocycles. The summed E-state index contributed by atoms with van der Waals surface area (Å²) in [6.07, 6.45) is 7.95. The molecular formula is C17H29NSi2. The number of allylic oxidation sites excluding steroid dienone is 4. The van der Waals surface area contributed by atoms with Crippen molar-refractivity contribution in [1.29, 1.82) is 5.26 Å². The lowest BCUT2D eigenvalue weighted by atomic mass is 9.89. The van der Waals surface area contributed by atoms with E-state index in [0.717, 1.165) is 5.92 Å². The Kier molecular flexibility index (Phi) is 4.19. The van der Waals surface area contributed by atoms with Crippen molar-refractivity contribution in [2.45, 2.75) is 58.5 Å². The Morgan fingerprint density at radius 3 is 2.20 bits per heavy atom. The van der Waals surface area contributed by atoms with Crippen molar-refractivity contribution >= 4 is 16.1 Å². The van der Waals surface area contributed by atoms with Gasteiger partial charge in [-0.05, 0) is 30.6 Å². The molecule has 0 unspecified atom stereocenters. The lowest BCUT2D eigenvalue weighted by Gasteiger charge is -2.34. The highest BCUT2D eigenvalue weighted by Crippen LogP contribution is 2.51. The number of nitrogens with zero attached hydrogens (tertiary/aromatic N) is 1. The van der Waals surface area contributed by atoms with Gasteiger partial charge in [0.25, 0.3) is 0 Å². The van der Waals surface area contributed by atoms with Gasteiger partial charge in [-0.1, -0.05) is 61.8 Å². The molecule has 3 heteroatoms. The number of hydrogen-bond donors (Lipinski definition) is 0. The van der Waals surface area contributed by atoms with Gasteiger partial charge in [0.05, 0.1) is 22.2 Å². The van der Waals surface area contributed by atoms with E-state index in [1.807, 2.05) is 10.4 Å². The van der Waals surface area contributed by atoms with E-state index in [9.17, 15) is 5.26 Å². The van der Waals surface area contributed by atoms with Crippen LogP contribution in [0.3, 0.4) is 0 Å². The largest absolute Gasteiger partial charge is 0.198 e. The van der Waals surface area contributed by atoms with E-state index in [-0.39, 0.29) is 0 Å². The molecule has 1 nitrogen and oxygen atoms in total. The van der Waals surface area contributed by atoms with E-state index in [2.05, 4.69) is 57.5 Å². The molecule has 110 valence electrons. The van der Waals surface area contributed by atoms with Crippen molar-refractivity contribution in [3.05, 3.63) is 22.5 Å². The standard InChI is InChI=1S/C17H29NSi2/c1-19(2,3)16-14-9-7-8-13(10-11-18)15(12-14)17(16)20(4,5)6/h7-8,13-15H,9-10,12H2,1-6H3/t13-,14+,15+/m0/s1. The summed E-state index contributed by atoms with van der Waals surface area (Å²) in [7, 11) is -2.57.